The number of amides is 2. The van der Waals surface area contributed by atoms with Gasteiger partial charge in [-0.3, -0.25) is 14.4 Å². The van der Waals surface area contributed by atoms with Crippen LogP contribution < -0.4 is 10.5 Å². The lowest BCUT2D eigenvalue weighted by molar-refractivity contribution is 0.0924. The molecule has 5 rings (SSSR count). The normalized spacial score (nSPS) is 13.4. The maximum absolute atomic E-state index is 13.0. The van der Waals surface area contributed by atoms with Crippen LogP contribution in [-0.4, -0.2) is 26.4 Å². The summed E-state index contributed by atoms with van der Waals surface area (Å²) >= 11 is 3.15. The Bertz CT molecular complexity index is 1330. The van der Waals surface area contributed by atoms with Crippen molar-refractivity contribution in [1.29, 1.82) is 0 Å². The number of hydrogen-bond donors (Lipinski definition) is 0. The van der Waals surface area contributed by atoms with Gasteiger partial charge in [-0.05, 0) is 46.9 Å². The van der Waals surface area contributed by atoms with Crippen molar-refractivity contribution in [1.82, 2.24) is 14.6 Å². The molecule has 0 bridgehead atoms. The van der Waals surface area contributed by atoms with Gasteiger partial charge < -0.3 is 0 Å². The second kappa shape index (κ2) is 6.31. The lowest BCUT2D eigenvalue weighted by Gasteiger charge is -2.14. The van der Waals surface area contributed by atoms with Gasteiger partial charge >= 0.3 is 5.56 Å². The summed E-state index contributed by atoms with van der Waals surface area (Å²) < 4.78 is 2.30. The van der Waals surface area contributed by atoms with E-state index in [1.807, 2.05) is 18.2 Å². The molecule has 4 aromatic rings. The number of hydrogen-bond acceptors (Lipinski definition) is 6. The van der Waals surface area contributed by atoms with E-state index in [-0.39, 0.29) is 21.2 Å². The first-order valence-electron chi connectivity index (χ1n) is 8.18. The zero-order chi connectivity index (χ0) is 19.4. The molecule has 1 aliphatic rings. The fourth-order valence-electron chi connectivity index (χ4n) is 3.05. The van der Waals surface area contributed by atoms with Gasteiger partial charge in [0, 0.05) is 9.13 Å². The highest BCUT2D eigenvalue weighted by atomic mass is 127. The van der Waals surface area contributed by atoms with Crippen LogP contribution in [0.5, 0.6) is 0 Å². The molecule has 0 N–H and O–H groups in total. The number of thiazole rings is 1. The van der Waals surface area contributed by atoms with E-state index in [0.717, 1.165) is 19.8 Å². The summed E-state index contributed by atoms with van der Waals surface area (Å²) in [5.74, 6) is -0.920. The number of imide groups is 1. The molecule has 0 aliphatic carbocycles. The number of nitrogens with zero attached hydrogens (tertiary/aromatic N) is 4. The SMILES string of the molecule is O=C1c2sc3nc(=O)c(-c4ccccc4)nn3c2C(=O)N1c1ccc(I)cc1. The lowest BCUT2D eigenvalue weighted by atomic mass is 10.2. The highest BCUT2D eigenvalue weighted by molar-refractivity contribution is 14.1. The van der Waals surface area contributed by atoms with Crippen molar-refractivity contribution >= 4 is 56.4 Å². The third-order valence-electron chi connectivity index (χ3n) is 4.34. The third-order valence-corrected chi connectivity index (χ3v) is 6.07. The Kier molecular flexibility index (Phi) is 3.88. The van der Waals surface area contributed by atoms with Gasteiger partial charge in [0.2, 0.25) is 4.96 Å². The average Bonchev–Trinajstić information content (AvgIpc) is 3.18. The van der Waals surface area contributed by atoms with Crippen molar-refractivity contribution in [2.45, 2.75) is 0 Å². The molecule has 2 aromatic heterocycles. The van der Waals surface area contributed by atoms with Crippen molar-refractivity contribution in [2.24, 2.45) is 0 Å². The Labute approximate surface area is 175 Å². The number of halogens is 1. The van der Waals surface area contributed by atoms with Gasteiger partial charge in [0.1, 0.15) is 4.88 Å². The summed E-state index contributed by atoms with van der Waals surface area (Å²) in [6.07, 6.45) is 0. The summed E-state index contributed by atoms with van der Waals surface area (Å²) in [5.41, 5.74) is 0.852. The molecule has 0 radical (unpaired) electrons. The maximum Gasteiger partial charge on any atom is 0.300 e. The first-order chi connectivity index (χ1) is 13.5. The number of carbonyl (C=O) groups excluding carboxylic acids is 2. The highest BCUT2D eigenvalue weighted by Crippen LogP contribution is 2.33. The standard InChI is InChI=1S/C19H9IN4O3S/c20-11-6-8-12(9-7-11)23-17(26)14-15(18(23)27)28-19-21-16(25)13(22-24(14)19)10-4-2-1-3-5-10/h1-9H. The van der Waals surface area contributed by atoms with Gasteiger partial charge in [0.15, 0.2) is 11.4 Å². The molecule has 0 spiro atoms. The zero-order valence-electron chi connectivity index (χ0n) is 14.0. The molecule has 0 fully saturated rings. The van der Waals surface area contributed by atoms with Crippen LogP contribution in [-0.2, 0) is 0 Å². The molecular weight excluding hydrogens is 491 g/mol. The smallest absolute Gasteiger partial charge is 0.267 e. The molecule has 1 aliphatic heterocycles. The highest BCUT2D eigenvalue weighted by Gasteiger charge is 2.41. The fraction of sp³-hybridized carbons (Fsp3) is 0. The molecule has 3 heterocycles. The van der Waals surface area contributed by atoms with Crippen LogP contribution in [0.4, 0.5) is 5.69 Å². The molecule has 0 unspecified atom stereocenters. The summed E-state index contributed by atoms with van der Waals surface area (Å²) in [4.78, 5) is 43.9. The number of anilines is 1. The monoisotopic (exact) mass is 500 g/mol. The topological polar surface area (TPSA) is 84.6 Å². The molecule has 7 nitrogen and oxygen atoms in total. The van der Waals surface area contributed by atoms with Crippen molar-refractivity contribution in [3.05, 3.63) is 79.1 Å². The Hall–Kier alpha value is -2.92. The quantitative estimate of drug-likeness (QED) is 0.312. The van der Waals surface area contributed by atoms with Crippen LogP contribution in [0, 0.1) is 3.57 Å². The van der Waals surface area contributed by atoms with Crippen molar-refractivity contribution in [2.75, 3.05) is 4.90 Å². The number of rotatable bonds is 2. The van der Waals surface area contributed by atoms with E-state index < -0.39 is 17.4 Å². The van der Waals surface area contributed by atoms with Crippen LogP contribution >= 0.6 is 33.9 Å². The second-order valence-corrected chi connectivity index (χ2v) is 8.25. The number of aromatic nitrogens is 3. The van der Waals surface area contributed by atoms with E-state index in [0.29, 0.717) is 11.3 Å². The maximum atomic E-state index is 13.0. The van der Waals surface area contributed by atoms with E-state index in [1.165, 1.54) is 4.52 Å². The fourth-order valence-corrected chi connectivity index (χ4v) is 4.39. The number of carbonyl (C=O) groups is 2. The largest absolute Gasteiger partial charge is 0.300 e. The second-order valence-electron chi connectivity index (χ2n) is 6.03. The summed E-state index contributed by atoms with van der Waals surface area (Å²) in [7, 11) is 0. The Morgan fingerprint density at radius 3 is 2.32 bits per heavy atom. The van der Waals surface area contributed by atoms with E-state index in [4.69, 9.17) is 0 Å². The summed E-state index contributed by atoms with van der Waals surface area (Å²) in [6.45, 7) is 0. The van der Waals surface area contributed by atoms with Crippen LogP contribution in [0.25, 0.3) is 16.2 Å². The molecule has 0 saturated heterocycles. The predicted molar refractivity (Wildman–Crippen MR) is 113 cm³/mol. The number of benzene rings is 2. The van der Waals surface area contributed by atoms with Crippen LogP contribution in [0.15, 0.2) is 59.4 Å². The molecule has 0 saturated carbocycles. The predicted octanol–water partition coefficient (Wildman–Crippen LogP) is 3.22. The minimum atomic E-state index is -0.500. The van der Waals surface area contributed by atoms with Gasteiger partial charge in [-0.15, -0.1) is 0 Å². The van der Waals surface area contributed by atoms with E-state index in [2.05, 4.69) is 32.7 Å². The van der Waals surface area contributed by atoms with E-state index in [1.54, 1.807) is 36.4 Å². The molecule has 9 heteroatoms. The average molecular weight is 500 g/mol. The number of fused-ring (bicyclic) bond motifs is 3. The van der Waals surface area contributed by atoms with Crippen LogP contribution in [0.1, 0.15) is 20.2 Å². The molecule has 2 aromatic carbocycles. The molecule has 136 valence electrons. The Balaban J connectivity index is 1.69. The van der Waals surface area contributed by atoms with Crippen molar-refractivity contribution in [3.63, 3.8) is 0 Å². The van der Waals surface area contributed by atoms with Gasteiger partial charge in [-0.2, -0.15) is 14.6 Å². The molecule has 28 heavy (non-hydrogen) atoms. The summed E-state index contributed by atoms with van der Waals surface area (Å²) in [5, 5.41) is 4.35. The molecule has 2 amide bonds. The lowest BCUT2D eigenvalue weighted by Crippen LogP contribution is -2.30. The Morgan fingerprint density at radius 2 is 1.61 bits per heavy atom. The van der Waals surface area contributed by atoms with Crippen molar-refractivity contribution < 1.29 is 9.59 Å². The van der Waals surface area contributed by atoms with Crippen molar-refractivity contribution in [3.8, 4) is 11.3 Å². The first-order valence-corrected chi connectivity index (χ1v) is 10.1. The summed E-state index contributed by atoms with van der Waals surface area (Å²) in [6, 6.07) is 16.0. The van der Waals surface area contributed by atoms with E-state index >= 15 is 0 Å². The molecule has 0 atom stereocenters. The Morgan fingerprint density at radius 1 is 0.893 bits per heavy atom. The van der Waals surface area contributed by atoms with Gasteiger partial charge in [-0.1, -0.05) is 41.7 Å². The van der Waals surface area contributed by atoms with Gasteiger partial charge in [0.05, 0.1) is 5.69 Å². The third kappa shape index (κ3) is 2.50. The zero-order valence-corrected chi connectivity index (χ0v) is 17.0. The minimum absolute atomic E-state index is 0.131. The van der Waals surface area contributed by atoms with Crippen LogP contribution in [0.2, 0.25) is 0 Å². The van der Waals surface area contributed by atoms with E-state index in [9.17, 15) is 14.4 Å². The minimum Gasteiger partial charge on any atom is -0.267 e. The van der Waals surface area contributed by atoms with Crippen LogP contribution in [0.3, 0.4) is 0 Å². The van der Waals surface area contributed by atoms with Gasteiger partial charge in [0.25, 0.3) is 11.8 Å². The first kappa shape index (κ1) is 17.2. The van der Waals surface area contributed by atoms with Gasteiger partial charge in [-0.25, -0.2) is 4.90 Å². The molecular formula is C19H9IN4O3S.